The maximum absolute atomic E-state index is 11.2. The van der Waals surface area contributed by atoms with Crippen LogP contribution in [0, 0.1) is 0 Å². The Morgan fingerprint density at radius 3 is 2.29 bits per heavy atom. The van der Waals surface area contributed by atoms with Crippen molar-refractivity contribution in [2.75, 3.05) is 19.4 Å². The van der Waals surface area contributed by atoms with Gasteiger partial charge in [0.25, 0.3) is 0 Å². The molecule has 0 fully saturated rings. The van der Waals surface area contributed by atoms with E-state index >= 15 is 0 Å². The van der Waals surface area contributed by atoms with Gasteiger partial charge in [0, 0.05) is 12.1 Å². The van der Waals surface area contributed by atoms with Crippen LogP contribution in [0.15, 0.2) is 0 Å². The van der Waals surface area contributed by atoms with E-state index in [4.69, 9.17) is 4.74 Å². The molecule has 102 valence electrons. The van der Waals surface area contributed by atoms with Crippen LogP contribution < -0.4 is 10.0 Å². The summed E-state index contributed by atoms with van der Waals surface area (Å²) in [6.45, 7) is 6.25. The Kier molecular flexibility index (Phi) is 6.48. The Bertz CT molecular complexity index is 333. The summed E-state index contributed by atoms with van der Waals surface area (Å²) in [5.74, 6) is 0. The first-order valence-electron chi connectivity index (χ1n) is 5.50. The number of nitrogens with one attached hydrogen (secondary N) is 2. The normalized spacial score (nSPS) is 12.2. The van der Waals surface area contributed by atoms with E-state index in [-0.39, 0.29) is 12.1 Å². The molecule has 0 heterocycles. The summed E-state index contributed by atoms with van der Waals surface area (Å²) < 4.78 is 28.7. The molecule has 0 atom stereocenters. The minimum atomic E-state index is -3.12. The number of ether oxygens (including phenoxy) is 1. The van der Waals surface area contributed by atoms with Crippen LogP contribution in [0.4, 0.5) is 4.79 Å². The fourth-order valence-electron chi connectivity index (χ4n) is 0.992. The van der Waals surface area contributed by atoms with E-state index in [1.807, 2.05) is 20.8 Å². The lowest BCUT2D eigenvalue weighted by Crippen LogP contribution is -2.41. The summed E-state index contributed by atoms with van der Waals surface area (Å²) in [4.78, 5) is 11.2. The predicted molar refractivity (Wildman–Crippen MR) is 66.3 cm³/mol. The van der Waals surface area contributed by atoms with Crippen LogP contribution in [0.3, 0.4) is 0 Å². The third-order valence-electron chi connectivity index (χ3n) is 1.65. The summed E-state index contributed by atoms with van der Waals surface area (Å²) in [6.07, 6.45) is 1.92. The van der Waals surface area contributed by atoms with Gasteiger partial charge in [-0.05, 0) is 33.6 Å². The van der Waals surface area contributed by atoms with Gasteiger partial charge >= 0.3 is 6.09 Å². The lowest BCUT2D eigenvalue weighted by atomic mass is 10.1. The van der Waals surface area contributed by atoms with Crippen molar-refractivity contribution in [2.24, 2.45) is 0 Å². The summed E-state index contributed by atoms with van der Waals surface area (Å²) in [6, 6.07) is 0. The zero-order valence-corrected chi connectivity index (χ0v) is 11.7. The molecule has 0 saturated heterocycles. The summed E-state index contributed by atoms with van der Waals surface area (Å²) in [7, 11) is -3.12. The molecule has 0 aromatic carbocycles. The van der Waals surface area contributed by atoms with Crippen LogP contribution in [-0.4, -0.2) is 39.5 Å². The summed E-state index contributed by atoms with van der Waals surface area (Å²) in [5.41, 5.74) is -0.311. The van der Waals surface area contributed by atoms with Crippen molar-refractivity contribution >= 4 is 16.1 Å². The number of carbonyl (C=O) groups excluding carboxylic acids is 1. The predicted octanol–water partition coefficient (Wildman–Crippen LogP) is 0.841. The number of unbranched alkanes of at least 4 members (excludes halogenated alkanes) is 1. The van der Waals surface area contributed by atoms with Gasteiger partial charge in [-0.15, -0.1) is 0 Å². The zero-order chi connectivity index (χ0) is 13.5. The number of carbonyl (C=O) groups is 1. The van der Waals surface area contributed by atoms with Gasteiger partial charge in [-0.3, -0.25) is 0 Å². The molecule has 6 nitrogen and oxygen atoms in total. The van der Waals surface area contributed by atoms with Gasteiger partial charge in [0.05, 0.1) is 12.9 Å². The average Bonchev–Trinajstić information content (AvgIpc) is 2.06. The third-order valence-corrected chi connectivity index (χ3v) is 2.37. The lowest BCUT2D eigenvalue weighted by molar-refractivity contribution is 0.136. The van der Waals surface area contributed by atoms with Gasteiger partial charge in [-0.25, -0.2) is 17.9 Å². The molecule has 0 saturated carbocycles. The molecule has 2 N–H and O–H groups in total. The molecule has 0 aliphatic rings. The molecule has 0 bridgehead atoms. The van der Waals surface area contributed by atoms with E-state index in [0.717, 1.165) is 6.26 Å². The van der Waals surface area contributed by atoms with Crippen molar-refractivity contribution in [2.45, 2.75) is 39.2 Å². The van der Waals surface area contributed by atoms with E-state index < -0.39 is 16.1 Å². The number of sulfonamides is 1. The minimum absolute atomic E-state index is 0.285. The summed E-state index contributed by atoms with van der Waals surface area (Å²) in [5, 5.41) is 2.66. The van der Waals surface area contributed by atoms with Crippen LogP contribution in [0.25, 0.3) is 0 Å². The maximum Gasteiger partial charge on any atom is 0.407 e. The molecule has 0 radical (unpaired) electrons. The van der Waals surface area contributed by atoms with Crippen molar-refractivity contribution in [3.63, 3.8) is 0 Å². The molecule has 0 spiro atoms. The second-order valence-electron chi connectivity index (χ2n) is 4.88. The van der Waals surface area contributed by atoms with E-state index in [1.54, 1.807) is 0 Å². The average molecular weight is 266 g/mol. The van der Waals surface area contributed by atoms with Gasteiger partial charge in [0.2, 0.25) is 10.0 Å². The van der Waals surface area contributed by atoms with Crippen molar-refractivity contribution in [1.82, 2.24) is 10.0 Å². The summed E-state index contributed by atoms with van der Waals surface area (Å²) >= 11 is 0. The molecule has 0 aliphatic carbocycles. The molecule has 0 aromatic heterocycles. The van der Waals surface area contributed by atoms with Crippen molar-refractivity contribution in [3.05, 3.63) is 0 Å². The van der Waals surface area contributed by atoms with Gasteiger partial charge in [0.1, 0.15) is 0 Å². The van der Waals surface area contributed by atoms with E-state index in [0.29, 0.717) is 19.4 Å². The molecule has 0 aromatic rings. The molecular formula is C10H22N2O4S. The van der Waals surface area contributed by atoms with Crippen LogP contribution in [0.2, 0.25) is 0 Å². The first-order valence-corrected chi connectivity index (χ1v) is 7.39. The first kappa shape index (κ1) is 16.2. The Hall–Kier alpha value is -0.820. The quantitative estimate of drug-likeness (QED) is 0.698. The number of amides is 1. The number of rotatable bonds is 6. The molecule has 17 heavy (non-hydrogen) atoms. The topological polar surface area (TPSA) is 84.5 Å². The monoisotopic (exact) mass is 266 g/mol. The molecule has 0 rings (SSSR count). The van der Waals surface area contributed by atoms with Crippen LogP contribution in [-0.2, 0) is 14.8 Å². The Morgan fingerprint density at radius 2 is 1.82 bits per heavy atom. The highest BCUT2D eigenvalue weighted by molar-refractivity contribution is 7.88. The fraction of sp³-hybridized carbons (Fsp3) is 0.900. The Labute approximate surface area is 103 Å². The van der Waals surface area contributed by atoms with Crippen molar-refractivity contribution in [3.8, 4) is 0 Å². The van der Waals surface area contributed by atoms with Crippen molar-refractivity contribution in [1.29, 1.82) is 0 Å². The van der Waals surface area contributed by atoms with E-state index in [9.17, 15) is 13.2 Å². The smallest absolute Gasteiger partial charge is 0.407 e. The third kappa shape index (κ3) is 13.1. The van der Waals surface area contributed by atoms with Gasteiger partial charge in [-0.2, -0.15) is 0 Å². The van der Waals surface area contributed by atoms with Crippen LogP contribution in [0.5, 0.6) is 0 Å². The van der Waals surface area contributed by atoms with E-state index in [1.165, 1.54) is 0 Å². The number of hydrogen-bond acceptors (Lipinski definition) is 4. The number of alkyl carbamates (subject to hydrolysis) is 1. The number of hydrogen-bond donors (Lipinski definition) is 2. The zero-order valence-electron chi connectivity index (χ0n) is 10.9. The van der Waals surface area contributed by atoms with Crippen LogP contribution in [0.1, 0.15) is 33.6 Å². The highest BCUT2D eigenvalue weighted by Crippen LogP contribution is 1.99. The molecule has 0 aliphatic heterocycles. The molecule has 7 heteroatoms. The van der Waals surface area contributed by atoms with Gasteiger partial charge in [-0.1, -0.05) is 0 Å². The van der Waals surface area contributed by atoms with Crippen molar-refractivity contribution < 1.29 is 17.9 Å². The standard InChI is InChI=1S/C10H22N2O4S/c1-10(2,3)12-9(13)16-8-6-5-7-11-17(4,14)15/h11H,5-8H2,1-4H3,(H,12,13). The minimum Gasteiger partial charge on any atom is -0.450 e. The second kappa shape index (κ2) is 6.80. The molecule has 0 unspecified atom stereocenters. The molecule has 1 amide bonds. The van der Waals surface area contributed by atoms with E-state index in [2.05, 4.69) is 10.0 Å². The van der Waals surface area contributed by atoms with Crippen LogP contribution >= 0.6 is 0 Å². The fourth-order valence-corrected chi connectivity index (χ4v) is 1.51. The van der Waals surface area contributed by atoms with Gasteiger partial charge < -0.3 is 10.1 Å². The van der Waals surface area contributed by atoms with Gasteiger partial charge in [0.15, 0.2) is 0 Å². The first-order chi connectivity index (χ1) is 7.60. The SMILES string of the molecule is CC(C)(C)NC(=O)OCCCCNS(C)(=O)=O. The largest absolute Gasteiger partial charge is 0.450 e. The second-order valence-corrected chi connectivity index (χ2v) is 6.72. The highest BCUT2D eigenvalue weighted by atomic mass is 32.2. The lowest BCUT2D eigenvalue weighted by Gasteiger charge is -2.19. The Balaban J connectivity index is 3.50. The molecular weight excluding hydrogens is 244 g/mol. The Morgan fingerprint density at radius 1 is 1.24 bits per heavy atom. The maximum atomic E-state index is 11.2. The highest BCUT2D eigenvalue weighted by Gasteiger charge is 2.13.